The van der Waals surface area contributed by atoms with E-state index in [1.165, 1.54) is 19.3 Å². The lowest BCUT2D eigenvalue weighted by Gasteiger charge is -2.28. The van der Waals surface area contributed by atoms with Gasteiger partial charge in [-0.15, -0.1) is 0 Å². The van der Waals surface area contributed by atoms with Crippen LogP contribution in [0.5, 0.6) is 0 Å². The van der Waals surface area contributed by atoms with E-state index in [9.17, 15) is 9.90 Å². The Balaban J connectivity index is 1.69. The van der Waals surface area contributed by atoms with Crippen LogP contribution in [0.15, 0.2) is 0 Å². The molecule has 0 radical (unpaired) electrons. The summed E-state index contributed by atoms with van der Waals surface area (Å²) in [7, 11) is 0. The van der Waals surface area contributed by atoms with Crippen molar-refractivity contribution >= 4 is 5.97 Å². The first-order valence-electron chi connectivity index (χ1n) is 6.10. The summed E-state index contributed by atoms with van der Waals surface area (Å²) < 4.78 is 4.93. The molecular formula is C12H18O3. The van der Waals surface area contributed by atoms with Crippen LogP contribution in [0.4, 0.5) is 0 Å². The fourth-order valence-corrected chi connectivity index (χ4v) is 3.83. The Labute approximate surface area is 89.8 Å². The van der Waals surface area contributed by atoms with Gasteiger partial charge < -0.3 is 9.84 Å². The van der Waals surface area contributed by atoms with E-state index in [0.29, 0.717) is 24.9 Å². The summed E-state index contributed by atoms with van der Waals surface area (Å²) in [5.41, 5.74) is 0. The number of aliphatic hydroxyl groups is 1. The summed E-state index contributed by atoms with van der Waals surface area (Å²) in [6, 6.07) is 0. The fourth-order valence-electron chi connectivity index (χ4n) is 3.83. The molecule has 2 bridgehead atoms. The molecule has 0 aromatic carbocycles. The number of hydrogen-bond acceptors (Lipinski definition) is 3. The summed E-state index contributed by atoms with van der Waals surface area (Å²) in [6.07, 6.45) is 5.29. The van der Waals surface area contributed by atoms with E-state index in [1.54, 1.807) is 0 Å². The number of cyclic esters (lactones) is 1. The maximum absolute atomic E-state index is 11.4. The van der Waals surface area contributed by atoms with Crippen LogP contribution in [0.2, 0.25) is 0 Å². The minimum Gasteiger partial charge on any atom is -0.465 e. The van der Waals surface area contributed by atoms with E-state index < -0.39 is 6.10 Å². The summed E-state index contributed by atoms with van der Waals surface area (Å²) in [5, 5.41) is 10.2. The van der Waals surface area contributed by atoms with Crippen molar-refractivity contribution in [2.24, 2.45) is 23.7 Å². The second kappa shape index (κ2) is 3.48. The quantitative estimate of drug-likeness (QED) is 0.700. The molecule has 0 aromatic rings. The molecule has 0 aromatic heterocycles. The van der Waals surface area contributed by atoms with Gasteiger partial charge in [-0.3, -0.25) is 4.79 Å². The first kappa shape index (κ1) is 9.64. The molecule has 2 saturated carbocycles. The van der Waals surface area contributed by atoms with Crippen molar-refractivity contribution in [1.82, 2.24) is 0 Å². The van der Waals surface area contributed by atoms with Gasteiger partial charge in [0.2, 0.25) is 0 Å². The summed E-state index contributed by atoms with van der Waals surface area (Å²) in [5.74, 6) is 1.48. The lowest BCUT2D eigenvalue weighted by atomic mass is 9.79. The highest BCUT2D eigenvalue weighted by Crippen LogP contribution is 2.51. The van der Waals surface area contributed by atoms with Gasteiger partial charge in [0.15, 0.2) is 0 Å². The number of esters is 1. The zero-order valence-electron chi connectivity index (χ0n) is 8.89. The van der Waals surface area contributed by atoms with Gasteiger partial charge in [-0.05, 0) is 43.4 Å². The normalized spacial score (nSPS) is 45.8. The molecule has 5 atom stereocenters. The predicted octanol–water partition coefficient (Wildman–Crippen LogP) is 1.35. The van der Waals surface area contributed by atoms with Gasteiger partial charge in [0, 0.05) is 0 Å². The lowest BCUT2D eigenvalue weighted by Crippen LogP contribution is -2.34. The van der Waals surface area contributed by atoms with E-state index in [4.69, 9.17) is 4.74 Å². The standard InChI is InChI=1S/C12H18O3/c13-11(9-3-4-15-12(9)14)10-6-7-1-2-8(10)5-7/h7-11,13H,1-6H2. The molecule has 2 aliphatic carbocycles. The molecule has 5 unspecified atom stereocenters. The Morgan fingerprint density at radius 3 is 2.67 bits per heavy atom. The molecule has 3 nitrogen and oxygen atoms in total. The van der Waals surface area contributed by atoms with Crippen molar-refractivity contribution in [1.29, 1.82) is 0 Å². The van der Waals surface area contributed by atoms with Crippen LogP contribution in [0.3, 0.4) is 0 Å². The number of carbonyl (C=O) groups is 1. The first-order chi connectivity index (χ1) is 7.25. The monoisotopic (exact) mass is 210 g/mol. The van der Waals surface area contributed by atoms with E-state index in [-0.39, 0.29) is 11.9 Å². The van der Waals surface area contributed by atoms with Crippen molar-refractivity contribution in [3.63, 3.8) is 0 Å². The van der Waals surface area contributed by atoms with Gasteiger partial charge >= 0.3 is 5.97 Å². The van der Waals surface area contributed by atoms with Crippen LogP contribution in [0, 0.1) is 23.7 Å². The van der Waals surface area contributed by atoms with Crippen LogP contribution >= 0.6 is 0 Å². The number of aliphatic hydroxyl groups excluding tert-OH is 1. The smallest absolute Gasteiger partial charge is 0.311 e. The summed E-state index contributed by atoms with van der Waals surface area (Å²) >= 11 is 0. The van der Waals surface area contributed by atoms with Crippen molar-refractivity contribution in [3.8, 4) is 0 Å². The van der Waals surface area contributed by atoms with Gasteiger partial charge in [0.25, 0.3) is 0 Å². The van der Waals surface area contributed by atoms with E-state index in [2.05, 4.69) is 0 Å². The van der Waals surface area contributed by atoms with Crippen molar-refractivity contribution in [2.45, 2.75) is 38.2 Å². The van der Waals surface area contributed by atoms with Crippen LogP contribution in [-0.4, -0.2) is 23.8 Å². The second-order valence-corrected chi connectivity index (χ2v) is 5.39. The third-order valence-electron chi connectivity index (χ3n) is 4.62. The van der Waals surface area contributed by atoms with E-state index in [1.807, 2.05) is 0 Å². The van der Waals surface area contributed by atoms with Crippen LogP contribution < -0.4 is 0 Å². The molecule has 3 aliphatic rings. The molecule has 0 spiro atoms. The highest BCUT2D eigenvalue weighted by Gasteiger charge is 2.47. The molecule has 1 aliphatic heterocycles. The predicted molar refractivity (Wildman–Crippen MR) is 54.0 cm³/mol. The molecule has 3 rings (SSSR count). The third kappa shape index (κ3) is 1.48. The minimum atomic E-state index is -0.435. The largest absolute Gasteiger partial charge is 0.465 e. The molecule has 1 N–H and O–H groups in total. The highest BCUT2D eigenvalue weighted by atomic mass is 16.5. The number of rotatable bonds is 2. The molecule has 84 valence electrons. The van der Waals surface area contributed by atoms with Crippen molar-refractivity contribution in [3.05, 3.63) is 0 Å². The topological polar surface area (TPSA) is 46.5 Å². The zero-order chi connectivity index (χ0) is 10.4. The average Bonchev–Trinajstić information content (AvgIpc) is 2.91. The molecule has 1 heterocycles. The molecule has 1 saturated heterocycles. The molecular weight excluding hydrogens is 192 g/mol. The number of hydrogen-bond donors (Lipinski definition) is 1. The van der Waals surface area contributed by atoms with Crippen molar-refractivity contribution in [2.75, 3.05) is 6.61 Å². The Hall–Kier alpha value is -0.570. The van der Waals surface area contributed by atoms with E-state index in [0.717, 1.165) is 12.3 Å². The molecule has 15 heavy (non-hydrogen) atoms. The van der Waals surface area contributed by atoms with Crippen LogP contribution in [0.1, 0.15) is 32.1 Å². The number of fused-ring (bicyclic) bond motifs is 2. The summed E-state index contributed by atoms with van der Waals surface area (Å²) in [6.45, 7) is 0.501. The fraction of sp³-hybridized carbons (Fsp3) is 0.917. The highest BCUT2D eigenvalue weighted by molar-refractivity contribution is 5.74. The van der Waals surface area contributed by atoms with Gasteiger partial charge in [-0.25, -0.2) is 0 Å². The van der Waals surface area contributed by atoms with Gasteiger partial charge in [0.05, 0.1) is 18.6 Å². The maximum Gasteiger partial charge on any atom is 0.311 e. The second-order valence-electron chi connectivity index (χ2n) is 5.39. The first-order valence-corrected chi connectivity index (χ1v) is 6.10. The van der Waals surface area contributed by atoms with Crippen LogP contribution in [0.25, 0.3) is 0 Å². The van der Waals surface area contributed by atoms with Crippen LogP contribution in [-0.2, 0) is 9.53 Å². The minimum absolute atomic E-state index is 0.176. The Bertz CT molecular complexity index is 276. The van der Waals surface area contributed by atoms with Gasteiger partial charge in [-0.1, -0.05) is 6.42 Å². The van der Waals surface area contributed by atoms with E-state index >= 15 is 0 Å². The van der Waals surface area contributed by atoms with Crippen molar-refractivity contribution < 1.29 is 14.6 Å². The number of ether oxygens (including phenoxy) is 1. The Morgan fingerprint density at radius 1 is 1.27 bits per heavy atom. The van der Waals surface area contributed by atoms with Gasteiger partial charge in [0.1, 0.15) is 0 Å². The Kier molecular flexibility index (Phi) is 2.23. The van der Waals surface area contributed by atoms with Gasteiger partial charge in [-0.2, -0.15) is 0 Å². The number of carbonyl (C=O) groups excluding carboxylic acids is 1. The molecule has 3 heteroatoms. The molecule has 0 amide bonds. The SMILES string of the molecule is O=C1OCCC1C(O)C1CC2CCC1C2. The third-order valence-corrected chi connectivity index (χ3v) is 4.62. The maximum atomic E-state index is 11.4. The molecule has 3 fully saturated rings. The average molecular weight is 210 g/mol. The zero-order valence-corrected chi connectivity index (χ0v) is 8.89. The lowest BCUT2D eigenvalue weighted by molar-refractivity contribution is -0.145. The summed E-state index contributed by atoms with van der Waals surface area (Å²) in [4.78, 5) is 11.4. The Morgan fingerprint density at radius 2 is 2.13 bits per heavy atom.